The predicted octanol–water partition coefficient (Wildman–Crippen LogP) is 4.20. The van der Waals surface area contributed by atoms with Crippen LogP contribution in [0, 0.1) is 5.82 Å². The van der Waals surface area contributed by atoms with Gasteiger partial charge in [0.05, 0.1) is 22.7 Å². The summed E-state index contributed by atoms with van der Waals surface area (Å²) in [6.45, 7) is 1.96. The zero-order valence-corrected chi connectivity index (χ0v) is 13.8. The molecule has 5 heteroatoms. The molecule has 3 nitrogen and oxygen atoms in total. The number of benzene rings is 2. The van der Waals surface area contributed by atoms with Crippen LogP contribution >= 0.6 is 11.3 Å². The van der Waals surface area contributed by atoms with Gasteiger partial charge in [0.25, 0.3) is 0 Å². The van der Waals surface area contributed by atoms with Crippen LogP contribution in [0.4, 0.5) is 4.39 Å². The highest BCUT2D eigenvalue weighted by molar-refractivity contribution is 7.18. The van der Waals surface area contributed by atoms with Crippen molar-refractivity contribution in [2.45, 2.75) is 19.4 Å². The van der Waals surface area contributed by atoms with E-state index in [0.29, 0.717) is 5.56 Å². The Bertz CT molecular complexity index is 813. The second-order valence-electron chi connectivity index (χ2n) is 5.51. The fraction of sp³-hybridized carbons (Fsp3) is 0.222. The monoisotopic (exact) mass is 328 g/mol. The minimum Gasteiger partial charge on any atom is -0.336 e. The van der Waals surface area contributed by atoms with Crippen molar-refractivity contribution in [1.29, 1.82) is 0 Å². The summed E-state index contributed by atoms with van der Waals surface area (Å²) in [6.07, 6.45) is 0.184. The average molecular weight is 328 g/mol. The number of carbonyl (C=O) groups excluding carboxylic acids is 1. The summed E-state index contributed by atoms with van der Waals surface area (Å²) in [5.41, 5.74) is 1.63. The molecule has 1 atom stereocenters. The molecule has 118 valence electrons. The summed E-state index contributed by atoms with van der Waals surface area (Å²) in [5.74, 6) is -0.375. The highest BCUT2D eigenvalue weighted by Gasteiger charge is 2.20. The number of carbonyl (C=O) groups is 1. The molecule has 1 aromatic heterocycles. The fourth-order valence-electron chi connectivity index (χ4n) is 2.40. The van der Waals surface area contributed by atoms with Gasteiger partial charge in [0.15, 0.2) is 0 Å². The van der Waals surface area contributed by atoms with E-state index in [1.54, 1.807) is 35.4 Å². The number of amides is 1. The molecule has 0 aliphatic heterocycles. The lowest BCUT2D eigenvalue weighted by molar-refractivity contribution is -0.131. The van der Waals surface area contributed by atoms with Crippen LogP contribution in [0.15, 0.2) is 48.5 Å². The van der Waals surface area contributed by atoms with E-state index in [1.165, 1.54) is 12.1 Å². The van der Waals surface area contributed by atoms with E-state index in [1.807, 2.05) is 31.2 Å². The summed E-state index contributed by atoms with van der Waals surface area (Å²) >= 11 is 1.59. The third-order valence-electron chi connectivity index (χ3n) is 3.89. The smallest absolute Gasteiger partial charge is 0.227 e. The number of halogens is 1. The van der Waals surface area contributed by atoms with Crippen molar-refractivity contribution < 1.29 is 9.18 Å². The molecule has 2 aromatic carbocycles. The van der Waals surface area contributed by atoms with Crippen LogP contribution in [0.3, 0.4) is 0 Å². The van der Waals surface area contributed by atoms with Crippen molar-refractivity contribution in [3.8, 4) is 0 Å². The second-order valence-corrected chi connectivity index (χ2v) is 6.57. The topological polar surface area (TPSA) is 33.2 Å². The predicted molar refractivity (Wildman–Crippen MR) is 90.9 cm³/mol. The molecule has 0 saturated carbocycles. The van der Waals surface area contributed by atoms with Crippen LogP contribution in [-0.2, 0) is 11.2 Å². The van der Waals surface area contributed by atoms with Gasteiger partial charge in [0.2, 0.25) is 5.91 Å². The molecule has 0 bridgehead atoms. The first-order valence-electron chi connectivity index (χ1n) is 7.40. The number of likely N-dealkylation sites (N-methyl/N-ethyl adjacent to an activating group) is 1. The number of nitrogens with zero attached hydrogens (tertiary/aromatic N) is 2. The molecule has 0 saturated heterocycles. The average Bonchev–Trinajstić information content (AvgIpc) is 2.97. The lowest BCUT2D eigenvalue weighted by Gasteiger charge is -2.23. The Morgan fingerprint density at radius 1 is 1.26 bits per heavy atom. The maximum absolute atomic E-state index is 13.2. The third-order valence-corrected chi connectivity index (χ3v) is 5.09. The van der Waals surface area contributed by atoms with Gasteiger partial charge in [-0.25, -0.2) is 9.37 Å². The minimum absolute atomic E-state index is 0.0534. The van der Waals surface area contributed by atoms with E-state index in [0.717, 1.165) is 15.2 Å². The molecule has 0 unspecified atom stereocenters. The molecule has 0 N–H and O–H groups in total. The fourth-order valence-corrected chi connectivity index (χ4v) is 3.46. The Morgan fingerprint density at radius 2 is 2.04 bits per heavy atom. The molecule has 0 aliphatic carbocycles. The van der Waals surface area contributed by atoms with Crippen LogP contribution in [0.2, 0.25) is 0 Å². The maximum atomic E-state index is 13.2. The number of aromatic nitrogens is 1. The number of hydrogen-bond acceptors (Lipinski definition) is 3. The van der Waals surface area contributed by atoms with Crippen molar-refractivity contribution in [3.63, 3.8) is 0 Å². The summed E-state index contributed by atoms with van der Waals surface area (Å²) < 4.78 is 14.3. The van der Waals surface area contributed by atoms with Crippen molar-refractivity contribution in [3.05, 3.63) is 64.9 Å². The van der Waals surface area contributed by atoms with Crippen LogP contribution in [0.25, 0.3) is 10.2 Å². The van der Waals surface area contributed by atoms with E-state index in [9.17, 15) is 9.18 Å². The number of fused-ring (bicyclic) bond motifs is 1. The standard InChI is InChI=1S/C18H17FN2OS/c1-12(18-20-15-8-3-4-9-16(15)23-18)21(2)17(22)11-13-6-5-7-14(19)10-13/h3-10,12H,11H2,1-2H3/t12-/m1/s1. The normalized spacial score (nSPS) is 12.3. The van der Waals surface area contributed by atoms with Gasteiger partial charge in [-0.05, 0) is 36.8 Å². The van der Waals surface area contributed by atoms with Crippen LogP contribution in [0.1, 0.15) is 23.5 Å². The lowest BCUT2D eigenvalue weighted by atomic mass is 10.1. The Labute approximate surface area is 138 Å². The molecule has 23 heavy (non-hydrogen) atoms. The number of thiazole rings is 1. The van der Waals surface area contributed by atoms with Crippen molar-refractivity contribution in [2.24, 2.45) is 0 Å². The Kier molecular flexibility index (Phi) is 4.39. The van der Waals surface area contributed by atoms with Crippen LogP contribution in [0.5, 0.6) is 0 Å². The van der Waals surface area contributed by atoms with Gasteiger partial charge in [-0.3, -0.25) is 4.79 Å². The number of hydrogen-bond donors (Lipinski definition) is 0. The molecule has 3 aromatic rings. The van der Waals surface area contributed by atoms with Gasteiger partial charge >= 0.3 is 0 Å². The van der Waals surface area contributed by atoms with Gasteiger partial charge in [-0.15, -0.1) is 11.3 Å². The third kappa shape index (κ3) is 3.40. The number of rotatable bonds is 4. The molecule has 0 fully saturated rings. The molecule has 1 heterocycles. The summed E-state index contributed by atoms with van der Waals surface area (Å²) in [7, 11) is 1.76. The Morgan fingerprint density at radius 3 is 2.78 bits per heavy atom. The zero-order chi connectivity index (χ0) is 16.4. The van der Waals surface area contributed by atoms with Gasteiger partial charge in [-0.1, -0.05) is 24.3 Å². The van der Waals surface area contributed by atoms with E-state index < -0.39 is 0 Å². The maximum Gasteiger partial charge on any atom is 0.227 e. The van der Waals surface area contributed by atoms with Crippen molar-refractivity contribution in [2.75, 3.05) is 7.05 Å². The molecule has 0 radical (unpaired) electrons. The number of para-hydroxylation sites is 1. The van der Waals surface area contributed by atoms with Gasteiger partial charge < -0.3 is 4.90 Å². The highest BCUT2D eigenvalue weighted by Crippen LogP contribution is 2.29. The van der Waals surface area contributed by atoms with E-state index >= 15 is 0 Å². The largest absolute Gasteiger partial charge is 0.336 e. The quantitative estimate of drug-likeness (QED) is 0.719. The Hall–Kier alpha value is -2.27. The molecule has 3 rings (SSSR count). The minimum atomic E-state index is -0.322. The molecule has 1 amide bonds. The van der Waals surface area contributed by atoms with E-state index in [4.69, 9.17) is 0 Å². The second kappa shape index (κ2) is 6.46. The highest BCUT2D eigenvalue weighted by atomic mass is 32.1. The van der Waals surface area contributed by atoms with Crippen LogP contribution < -0.4 is 0 Å². The first-order valence-corrected chi connectivity index (χ1v) is 8.22. The summed E-state index contributed by atoms with van der Waals surface area (Å²) in [5, 5.41) is 0.904. The Balaban J connectivity index is 1.75. The van der Waals surface area contributed by atoms with Crippen molar-refractivity contribution >= 4 is 27.5 Å². The first-order chi connectivity index (χ1) is 11.0. The van der Waals surface area contributed by atoms with Gasteiger partial charge in [0.1, 0.15) is 10.8 Å². The lowest BCUT2D eigenvalue weighted by Crippen LogP contribution is -2.30. The van der Waals surface area contributed by atoms with Gasteiger partial charge in [-0.2, -0.15) is 0 Å². The summed E-state index contributed by atoms with van der Waals surface area (Å²) in [6, 6.07) is 14.0. The van der Waals surface area contributed by atoms with Crippen LogP contribution in [-0.4, -0.2) is 22.8 Å². The zero-order valence-electron chi connectivity index (χ0n) is 13.0. The molecule has 0 spiro atoms. The summed E-state index contributed by atoms with van der Waals surface area (Å²) in [4.78, 5) is 18.7. The SMILES string of the molecule is C[C@H](c1nc2ccccc2s1)N(C)C(=O)Cc1cccc(F)c1. The van der Waals surface area contributed by atoms with E-state index in [2.05, 4.69) is 4.98 Å². The molecule has 0 aliphatic rings. The van der Waals surface area contributed by atoms with E-state index in [-0.39, 0.29) is 24.2 Å². The first kappa shape index (κ1) is 15.6. The molecular weight excluding hydrogens is 311 g/mol. The molecular formula is C18H17FN2OS. The van der Waals surface area contributed by atoms with Crippen molar-refractivity contribution in [1.82, 2.24) is 9.88 Å². The van der Waals surface area contributed by atoms with Gasteiger partial charge in [0, 0.05) is 7.05 Å².